The zero-order valence-electron chi connectivity index (χ0n) is 14.8. The standard InChI is InChI=1S/C18H21ClN2O4S/c1-13-9-16(17(25-2)10-15(13)19)21(26(3,23)24)12-18(22)20-11-14-7-5-4-6-8-14/h4-10H,11-12H2,1-3H3,(H,20,22). The number of carbonyl (C=O) groups is 1. The van der Waals surface area contributed by atoms with Crippen LogP contribution in [0.1, 0.15) is 11.1 Å². The maximum Gasteiger partial charge on any atom is 0.241 e. The van der Waals surface area contributed by atoms with E-state index in [4.69, 9.17) is 16.3 Å². The van der Waals surface area contributed by atoms with Crippen LogP contribution in [0.4, 0.5) is 5.69 Å². The number of hydrogen-bond donors (Lipinski definition) is 1. The topological polar surface area (TPSA) is 75.7 Å². The summed E-state index contributed by atoms with van der Waals surface area (Å²) in [5, 5.41) is 3.17. The van der Waals surface area contributed by atoms with Crippen LogP contribution in [0, 0.1) is 6.92 Å². The van der Waals surface area contributed by atoms with E-state index in [1.165, 1.54) is 13.2 Å². The van der Waals surface area contributed by atoms with Crippen LogP contribution < -0.4 is 14.4 Å². The molecule has 0 saturated heterocycles. The van der Waals surface area contributed by atoms with Gasteiger partial charge in [0, 0.05) is 17.6 Å². The van der Waals surface area contributed by atoms with E-state index in [2.05, 4.69) is 5.32 Å². The van der Waals surface area contributed by atoms with Crippen LogP contribution in [0.3, 0.4) is 0 Å². The molecule has 1 amide bonds. The number of nitrogens with zero attached hydrogens (tertiary/aromatic N) is 1. The maximum atomic E-state index is 12.3. The molecular weight excluding hydrogens is 376 g/mol. The van der Waals surface area contributed by atoms with Crippen LogP contribution in [-0.2, 0) is 21.4 Å². The molecule has 0 aliphatic carbocycles. The first-order valence-corrected chi connectivity index (χ1v) is 10.1. The Morgan fingerprint density at radius 1 is 1.23 bits per heavy atom. The Bertz CT molecular complexity index is 886. The van der Waals surface area contributed by atoms with Crippen molar-refractivity contribution in [1.82, 2.24) is 5.32 Å². The van der Waals surface area contributed by atoms with Gasteiger partial charge in [0.15, 0.2) is 0 Å². The van der Waals surface area contributed by atoms with Gasteiger partial charge in [-0.15, -0.1) is 0 Å². The van der Waals surface area contributed by atoms with Crippen LogP contribution in [0.15, 0.2) is 42.5 Å². The number of halogens is 1. The number of nitrogens with one attached hydrogen (secondary N) is 1. The van der Waals surface area contributed by atoms with Crippen molar-refractivity contribution in [3.05, 3.63) is 58.6 Å². The number of rotatable bonds is 7. The third-order valence-electron chi connectivity index (χ3n) is 3.75. The highest BCUT2D eigenvalue weighted by Gasteiger charge is 2.24. The Labute approximate surface area is 158 Å². The minimum Gasteiger partial charge on any atom is -0.494 e. The molecule has 0 aliphatic rings. The molecule has 8 heteroatoms. The van der Waals surface area contributed by atoms with Gasteiger partial charge in [0.1, 0.15) is 12.3 Å². The van der Waals surface area contributed by atoms with Crippen molar-refractivity contribution in [2.45, 2.75) is 13.5 Å². The van der Waals surface area contributed by atoms with Gasteiger partial charge in [-0.05, 0) is 24.1 Å². The predicted octanol–water partition coefficient (Wildman–Crippen LogP) is 2.74. The summed E-state index contributed by atoms with van der Waals surface area (Å²) < 4.78 is 30.8. The number of benzene rings is 2. The van der Waals surface area contributed by atoms with Crippen LogP contribution >= 0.6 is 11.6 Å². The van der Waals surface area contributed by atoms with Crippen molar-refractivity contribution in [3.8, 4) is 5.75 Å². The molecule has 0 radical (unpaired) electrons. The molecule has 0 fully saturated rings. The molecule has 2 rings (SSSR count). The number of methoxy groups -OCH3 is 1. The molecule has 0 spiro atoms. The lowest BCUT2D eigenvalue weighted by Crippen LogP contribution is -2.40. The molecule has 0 aliphatic heterocycles. The maximum absolute atomic E-state index is 12.3. The zero-order valence-corrected chi connectivity index (χ0v) is 16.4. The molecular formula is C18H21ClN2O4S. The fourth-order valence-electron chi connectivity index (χ4n) is 2.37. The summed E-state index contributed by atoms with van der Waals surface area (Å²) >= 11 is 6.08. The molecule has 0 aromatic heterocycles. The molecule has 2 aromatic carbocycles. The smallest absolute Gasteiger partial charge is 0.241 e. The molecule has 0 bridgehead atoms. The number of anilines is 1. The summed E-state index contributed by atoms with van der Waals surface area (Å²) in [5.41, 5.74) is 1.87. The zero-order chi connectivity index (χ0) is 19.3. The number of ether oxygens (including phenoxy) is 1. The van der Waals surface area contributed by atoms with E-state index in [-0.39, 0.29) is 18.0 Å². The van der Waals surface area contributed by atoms with Crippen molar-refractivity contribution in [2.24, 2.45) is 0 Å². The van der Waals surface area contributed by atoms with Crippen molar-refractivity contribution >= 4 is 33.2 Å². The van der Waals surface area contributed by atoms with Crippen LogP contribution in [0.2, 0.25) is 5.02 Å². The third kappa shape index (κ3) is 5.12. The Hall–Kier alpha value is -2.25. The van der Waals surface area contributed by atoms with Crippen molar-refractivity contribution in [2.75, 3.05) is 24.2 Å². The van der Waals surface area contributed by atoms with Gasteiger partial charge in [-0.2, -0.15) is 0 Å². The van der Waals surface area contributed by atoms with E-state index in [1.54, 1.807) is 13.0 Å². The van der Waals surface area contributed by atoms with Gasteiger partial charge in [-0.1, -0.05) is 41.9 Å². The first-order chi connectivity index (χ1) is 12.2. The number of aryl methyl sites for hydroxylation is 1. The first kappa shape index (κ1) is 20.1. The monoisotopic (exact) mass is 396 g/mol. The molecule has 0 saturated carbocycles. The number of hydrogen-bond acceptors (Lipinski definition) is 4. The van der Waals surface area contributed by atoms with Crippen molar-refractivity contribution in [3.63, 3.8) is 0 Å². The lowest BCUT2D eigenvalue weighted by molar-refractivity contribution is -0.119. The molecule has 1 N–H and O–H groups in total. The third-order valence-corrected chi connectivity index (χ3v) is 5.28. The highest BCUT2D eigenvalue weighted by atomic mass is 35.5. The van der Waals surface area contributed by atoms with Crippen molar-refractivity contribution < 1.29 is 17.9 Å². The molecule has 0 atom stereocenters. The number of sulfonamides is 1. The lowest BCUT2D eigenvalue weighted by Gasteiger charge is -2.24. The molecule has 0 unspecified atom stereocenters. The van der Waals surface area contributed by atoms with Crippen LogP contribution in [-0.4, -0.2) is 34.2 Å². The van der Waals surface area contributed by atoms with Gasteiger partial charge >= 0.3 is 0 Å². The number of amides is 1. The quantitative estimate of drug-likeness (QED) is 0.780. The van der Waals surface area contributed by atoms with Gasteiger partial charge < -0.3 is 10.1 Å². The van der Waals surface area contributed by atoms with E-state index in [1.807, 2.05) is 30.3 Å². The minimum atomic E-state index is -3.71. The molecule has 26 heavy (non-hydrogen) atoms. The highest BCUT2D eigenvalue weighted by molar-refractivity contribution is 7.92. The Balaban J connectivity index is 2.24. The minimum absolute atomic E-state index is 0.270. The summed E-state index contributed by atoms with van der Waals surface area (Å²) in [6.45, 7) is 1.71. The largest absolute Gasteiger partial charge is 0.494 e. The fraction of sp³-hybridized carbons (Fsp3) is 0.278. The molecule has 2 aromatic rings. The Morgan fingerprint density at radius 2 is 1.88 bits per heavy atom. The van der Waals surface area contributed by atoms with Gasteiger partial charge in [0.2, 0.25) is 15.9 Å². The van der Waals surface area contributed by atoms with Crippen LogP contribution in [0.25, 0.3) is 0 Å². The molecule has 6 nitrogen and oxygen atoms in total. The summed E-state index contributed by atoms with van der Waals surface area (Å²) in [6.07, 6.45) is 1.04. The summed E-state index contributed by atoms with van der Waals surface area (Å²) in [5.74, 6) is -0.143. The molecule has 140 valence electrons. The van der Waals surface area contributed by atoms with E-state index in [9.17, 15) is 13.2 Å². The lowest BCUT2D eigenvalue weighted by atomic mass is 10.2. The van der Waals surface area contributed by atoms with Gasteiger partial charge in [-0.25, -0.2) is 8.42 Å². The summed E-state index contributed by atoms with van der Waals surface area (Å²) in [4.78, 5) is 12.3. The average molecular weight is 397 g/mol. The number of carbonyl (C=O) groups excluding carboxylic acids is 1. The Kier molecular flexibility index (Phi) is 6.50. The second kappa shape index (κ2) is 8.42. The van der Waals surface area contributed by atoms with Crippen molar-refractivity contribution in [1.29, 1.82) is 0 Å². The van der Waals surface area contributed by atoms with E-state index in [0.717, 1.165) is 16.1 Å². The van der Waals surface area contributed by atoms with Gasteiger partial charge in [0.25, 0.3) is 0 Å². The first-order valence-electron chi connectivity index (χ1n) is 7.85. The second-order valence-corrected chi connectivity index (χ2v) is 8.12. The van der Waals surface area contributed by atoms with E-state index >= 15 is 0 Å². The summed E-state index contributed by atoms with van der Waals surface area (Å²) in [6, 6.07) is 12.5. The predicted molar refractivity (Wildman–Crippen MR) is 103 cm³/mol. The normalized spacial score (nSPS) is 11.1. The van der Waals surface area contributed by atoms with E-state index in [0.29, 0.717) is 17.1 Å². The second-order valence-electron chi connectivity index (χ2n) is 5.81. The average Bonchev–Trinajstić information content (AvgIpc) is 2.60. The van der Waals surface area contributed by atoms with Gasteiger partial charge in [0.05, 0.1) is 19.1 Å². The highest BCUT2D eigenvalue weighted by Crippen LogP contribution is 2.34. The molecule has 0 heterocycles. The SMILES string of the molecule is COc1cc(Cl)c(C)cc1N(CC(=O)NCc1ccccc1)S(C)(=O)=O. The van der Waals surface area contributed by atoms with E-state index < -0.39 is 15.9 Å². The Morgan fingerprint density at radius 3 is 2.46 bits per heavy atom. The van der Waals surface area contributed by atoms with Crippen LogP contribution in [0.5, 0.6) is 5.75 Å². The fourth-order valence-corrected chi connectivity index (χ4v) is 3.38. The summed E-state index contributed by atoms with van der Waals surface area (Å²) in [7, 11) is -2.29. The van der Waals surface area contributed by atoms with Gasteiger partial charge in [-0.3, -0.25) is 9.10 Å².